The van der Waals surface area contributed by atoms with Gasteiger partial charge in [0.15, 0.2) is 0 Å². The van der Waals surface area contributed by atoms with Crippen LogP contribution < -0.4 is 0 Å². The highest BCUT2D eigenvalue weighted by Gasteiger charge is 2.17. The van der Waals surface area contributed by atoms with E-state index in [9.17, 15) is 0 Å². The number of rotatable bonds is 3. The summed E-state index contributed by atoms with van der Waals surface area (Å²) in [5, 5.41) is 1.08. The lowest BCUT2D eigenvalue weighted by Crippen LogP contribution is -2.36. The van der Waals surface area contributed by atoms with E-state index in [0.717, 1.165) is 37.4 Å². The number of aromatic nitrogens is 2. The first-order valence-electron chi connectivity index (χ1n) is 5.08. The normalized spacial score (nSPS) is 19.3. The number of hydrogen-bond donors (Lipinski definition) is 0. The highest BCUT2D eigenvalue weighted by molar-refractivity contribution is 9.09. The van der Waals surface area contributed by atoms with Crippen LogP contribution in [0.3, 0.4) is 0 Å². The fourth-order valence-corrected chi connectivity index (χ4v) is 2.07. The van der Waals surface area contributed by atoms with Gasteiger partial charge in [-0.25, -0.2) is 4.98 Å². The topological polar surface area (TPSA) is 21.1 Å². The first-order valence-corrected chi connectivity index (χ1v) is 6.20. The lowest BCUT2D eigenvalue weighted by atomic mass is 10.2. The van der Waals surface area contributed by atoms with Gasteiger partial charge >= 0.3 is 0 Å². The molecule has 0 fully saturated rings. The zero-order chi connectivity index (χ0) is 9.97. The number of imidazole rings is 1. The quantitative estimate of drug-likeness (QED) is 0.770. The molecule has 0 amide bonds. The lowest BCUT2D eigenvalue weighted by molar-refractivity contribution is 0.196. The molecule has 0 spiro atoms. The summed E-state index contributed by atoms with van der Waals surface area (Å²) in [4.78, 5) is 6.83. The third-order valence-corrected chi connectivity index (χ3v) is 3.76. The van der Waals surface area contributed by atoms with Crippen LogP contribution in [0.5, 0.6) is 0 Å². The van der Waals surface area contributed by atoms with Crippen molar-refractivity contribution in [3.8, 4) is 0 Å². The van der Waals surface area contributed by atoms with Gasteiger partial charge in [0.25, 0.3) is 0 Å². The van der Waals surface area contributed by atoms with Gasteiger partial charge in [-0.15, -0.1) is 0 Å². The molecule has 0 aliphatic carbocycles. The number of halogens is 1. The van der Waals surface area contributed by atoms with Crippen LogP contribution in [0.25, 0.3) is 0 Å². The Morgan fingerprint density at radius 2 is 2.43 bits per heavy atom. The average molecular weight is 258 g/mol. The molecular weight excluding hydrogens is 242 g/mol. The number of fused-ring (bicyclic) bond motifs is 1. The van der Waals surface area contributed by atoms with E-state index >= 15 is 0 Å². The summed E-state index contributed by atoms with van der Waals surface area (Å²) in [7, 11) is 0. The molecule has 0 aromatic carbocycles. The molecule has 1 aromatic heterocycles. The van der Waals surface area contributed by atoms with Crippen molar-refractivity contribution < 1.29 is 0 Å². The zero-order valence-corrected chi connectivity index (χ0v) is 10.1. The third-order valence-electron chi connectivity index (χ3n) is 2.66. The molecule has 2 heterocycles. The molecule has 3 nitrogen and oxygen atoms in total. The Bertz CT molecular complexity index is 297. The van der Waals surface area contributed by atoms with Gasteiger partial charge in [0.1, 0.15) is 5.82 Å². The van der Waals surface area contributed by atoms with Gasteiger partial charge in [-0.1, -0.05) is 22.9 Å². The molecule has 1 aliphatic heterocycles. The Morgan fingerprint density at radius 3 is 3.21 bits per heavy atom. The van der Waals surface area contributed by atoms with Crippen LogP contribution in [0, 0.1) is 5.92 Å². The molecule has 0 N–H and O–H groups in total. The first kappa shape index (κ1) is 10.2. The minimum Gasteiger partial charge on any atom is -0.333 e. The summed E-state index contributed by atoms with van der Waals surface area (Å²) >= 11 is 3.52. The fraction of sp³-hybridized carbons (Fsp3) is 0.700. The monoisotopic (exact) mass is 257 g/mol. The SMILES string of the molecule is CC(CBr)CN1CCn2ccnc2C1. The van der Waals surface area contributed by atoms with Crippen LogP contribution in [0.4, 0.5) is 0 Å². The standard InChI is InChI=1S/C10H16BrN3/c1-9(6-11)7-13-4-5-14-3-2-12-10(14)8-13/h2-3,9H,4-8H2,1H3. The van der Waals surface area contributed by atoms with Gasteiger partial charge in [0, 0.05) is 37.4 Å². The average Bonchev–Trinajstić information content (AvgIpc) is 2.64. The van der Waals surface area contributed by atoms with Crippen molar-refractivity contribution in [1.29, 1.82) is 0 Å². The molecule has 4 heteroatoms. The van der Waals surface area contributed by atoms with Crippen LogP contribution >= 0.6 is 15.9 Å². The second-order valence-electron chi connectivity index (χ2n) is 4.03. The van der Waals surface area contributed by atoms with Crippen molar-refractivity contribution in [3.63, 3.8) is 0 Å². The van der Waals surface area contributed by atoms with Crippen molar-refractivity contribution in [2.24, 2.45) is 5.92 Å². The Labute approximate surface area is 93.2 Å². The third kappa shape index (κ3) is 2.17. The van der Waals surface area contributed by atoms with E-state index in [2.05, 4.69) is 43.5 Å². The number of alkyl halides is 1. The molecule has 14 heavy (non-hydrogen) atoms. The smallest absolute Gasteiger partial charge is 0.122 e. The number of nitrogens with zero attached hydrogens (tertiary/aromatic N) is 3. The molecule has 78 valence electrons. The molecule has 0 saturated heterocycles. The van der Waals surface area contributed by atoms with Gasteiger partial charge in [-0.3, -0.25) is 4.90 Å². The number of hydrogen-bond acceptors (Lipinski definition) is 2. The predicted molar refractivity (Wildman–Crippen MR) is 60.5 cm³/mol. The Kier molecular flexibility index (Phi) is 3.23. The van der Waals surface area contributed by atoms with E-state index in [4.69, 9.17) is 0 Å². The van der Waals surface area contributed by atoms with Crippen molar-refractivity contribution in [2.75, 3.05) is 18.4 Å². The predicted octanol–water partition coefficient (Wildman–Crippen LogP) is 1.73. The van der Waals surface area contributed by atoms with E-state index < -0.39 is 0 Å². The summed E-state index contributed by atoms with van der Waals surface area (Å²) in [5.41, 5.74) is 0. The van der Waals surface area contributed by atoms with Gasteiger partial charge in [0.05, 0.1) is 6.54 Å². The first-order chi connectivity index (χ1) is 6.79. The molecule has 1 unspecified atom stereocenters. The molecule has 1 aromatic rings. The van der Waals surface area contributed by atoms with Crippen LogP contribution in [0.2, 0.25) is 0 Å². The summed E-state index contributed by atoms with van der Waals surface area (Å²) in [6.45, 7) is 6.68. The van der Waals surface area contributed by atoms with E-state index in [-0.39, 0.29) is 0 Å². The Balaban J connectivity index is 1.94. The summed E-state index contributed by atoms with van der Waals surface area (Å²) in [6, 6.07) is 0. The van der Waals surface area contributed by atoms with Gasteiger partial charge in [-0.2, -0.15) is 0 Å². The largest absolute Gasteiger partial charge is 0.333 e. The summed E-state index contributed by atoms with van der Waals surface area (Å²) in [6.07, 6.45) is 3.97. The highest BCUT2D eigenvalue weighted by Crippen LogP contribution is 2.12. The molecular formula is C10H16BrN3. The van der Waals surface area contributed by atoms with Crippen LogP contribution in [-0.2, 0) is 13.1 Å². The van der Waals surface area contributed by atoms with Crippen molar-refractivity contribution in [3.05, 3.63) is 18.2 Å². The van der Waals surface area contributed by atoms with E-state index in [1.807, 2.05) is 6.20 Å². The maximum absolute atomic E-state index is 4.35. The molecule has 1 atom stereocenters. The minimum absolute atomic E-state index is 0.719. The molecule has 0 radical (unpaired) electrons. The van der Waals surface area contributed by atoms with E-state index in [1.54, 1.807) is 0 Å². The molecule has 2 rings (SSSR count). The van der Waals surface area contributed by atoms with E-state index in [0.29, 0.717) is 0 Å². The van der Waals surface area contributed by atoms with Crippen molar-refractivity contribution in [1.82, 2.24) is 14.5 Å². The Morgan fingerprint density at radius 1 is 1.57 bits per heavy atom. The van der Waals surface area contributed by atoms with Crippen LogP contribution in [0.1, 0.15) is 12.7 Å². The fourth-order valence-electron chi connectivity index (χ4n) is 1.87. The van der Waals surface area contributed by atoms with Crippen molar-refractivity contribution >= 4 is 15.9 Å². The second kappa shape index (κ2) is 4.45. The summed E-state index contributed by atoms with van der Waals surface area (Å²) < 4.78 is 2.25. The van der Waals surface area contributed by atoms with Crippen LogP contribution in [0.15, 0.2) is 12.4 Å². The molecule has 0 bridgehead atoms. The maximum atomic E-state index is 4.35. The van der Waals surface area contributed by atoms with Gasteiger partial charge in [-0.05, 0) is 5.92 Å². The summed E-state index contributed by atoms with van der Waals surface area (Å²) in [5.74, 6) is 1.93. The lowest BCUT2D eigenvalue weighted by Gasteiger charge is -2.29. The molecule has 1 aliphatic rings. The molecule has 0 saturated carbocycles. The Hall–Kier alpha value is -0.350. The van der Waals surface area contributed by atoms with Crippen molar-refractivity contribution in [2.45, 2.75) is 20.0 Å². The van der Waals surface area contributed by atoms with Gasteiger partial charge in [0.2, 0.25) is 0 Å². The second-order valence-corrected chi connectivity index (χ2v) is 4.68. The highest BCUT2D eigenvalue weighted by atomic mass is 79.9. The van der Waals surface area contributed by atoms with E-state index in [1.165, 1.54) is 5.82 Å². The zero-order valence-electron chi connectivity index (χ0n) is 8.49. The van der Waals surface area contributed by atoms with Crippen LogP contribution in [-0.4, -0.2) is 32.9 Å². The minimum atomic E-state index is 0.719. The maximum Gasteiger partial charge on any atom is 0.122 e. The van der Waals surface area contributed by atoms with Gasteiger partial charge < -0.3 is 4.57 Å².